The van der Waals surface area contributed by atoms with Crippen LogP contribution in [0.3, 0.4) is 0 Å². The minimum absolute atomic E-state index is 0.0756. The van der Waals surface area contributed by atoms with Crippen LogP contribution in [-0.2, 0) is 19.2 Å². The zero-order chi connectivity index (χ0) is 30.5. The third kappa shape index (κ3) is 8.22. The van der Waals surface area contributed by atoms with Crippen LogP contribution in [0.5, 0.6) is 0 Å². The normalized spacial score (nSPS) is 24.2. The van der Waals surface area contributed by atoms with Gasteiger partial charge in [0, 0.05) is 12.1 Å². The maximum atomic E-state index is 14.2. The third-order valence-electron chi connectivity index (χ3n) is 9.79. The van der Waals surface area contributed by atoms with Gasteiger partial charge in [-0.15, -0.1) is 0 Å². The highest BCUT2D eigenvalue weighted by molar-refractivity contribution is 6.37. The van der Waals surface area contributed by atoms with Gasteiger partial charge in [-0.2, -0.15) is 0 Å². The van der Waals surface area contributed by atoms with Crippen molar-refractivity contribution in [3.05, 3.63) is 0 Å². The van der Waals surface area contributed by atoms with Gasteiger partial charge in [0.15, 0.2) is 0 Å². The number of likely N-dealkylation sites (tertiary alicyclic amines) is 1. The lowest BCUT2D eigenvalue weighted by molar-refractivity contribution is -0.143. The predicted molar refractivity (Wildman–Crippen MR) is 158 cm³/mol. The van der Waals surface area contributed by atoms with E-state index >= 15 is 0 Å². The maximum absolute atomic E-state index is 14.2. The number of carbonyl (C=O) groups excluding carboxylic acids is 5. The highest BCUT2D eigenvalue weighted by Gasteiger charge is 2.46. The Hall–Kier alpha value is -2.65. The van der Waals surface area contributed by atoms with E-state index in [0.29, 0.717) is 19.4 Å². The van der Waals surface area contributed by atoms with Crippen molar-refractivity contribution < 1.29 is 24.0 Å². The summed E-state index contributed by atoms with van der Waals surface area (Å²) in [6.45, 7) is 12.3. The topological polar surface area (TPSA) is 151 Å². The van der Waals surface area contributed by atoms with E-state index in [9.17, 15) is 24.0 Å². The number of nitrogens with two attached hydrogens (primary N) is 1. The van der Waals surface area contributed by atoms with E-state index in [2.05, 4.69) is 36.7 Å². The number of urea groups is 1. The van der Waals surface area contributed by atoms with E-state index in [-0.39, 0.29) is 35.2 Å². The molecule has 3 rings (SSSR count). The summed E-state index contributed by atoms with van der Waals surface area (Å²) in [6.07, 6.45) is 9.72. The largest absolute Gasteiger partial charge is 0.363 e. The first kappa shape index (κ1) is 32.9. The van der Waals surface area contributed by atoms with Crippen molar-refractivity contribution in [2.75, 3.05) is 6.54 Å². The first-order valence-corrected chi connectivity index (χ1v) is 15.7. The van der Waals surface area contributed by atoms with Gasteiger partial charge in [-0.1, -0.05) is 80.1 Å². The van der Waals surface area contributed by atoms with Crippen molar-refractivity contribution in [1.82, 2.24) is 20.9 Å². The predicted octanol–water partition coefficient (Wildman–Crippen LogP) is 3.42. The van der Waals surface area contributed by atoms with Crippen LogP contribution in [0.25, 0.3) is 0 Å². The van der Waals surface area contributed by atoms with Crippen molar-refractivity contribution in [3.63, 3.8) is 0 Å². The third-order valence-corrected chi connectivity index (χ3v) is 9.79. The van der Waals surface area contributed by atoms with Crippen LogP contribution < -0.4 is 21.7 Å². The lowest BCUT2D eigenvalue weighted by Gasteiger charge is -2.40. The second kappa shape index (κ2) is 13.6. The number of hydrogen-bond donors (Lipinski definition) is 4. The van der Waals surface area contributed by atoms with E-state index in [1.807, 2.05) is 20.8 Å². The van der Waals surface area contributed by atoms with Crippen molar-refractivity contribution in [2.45, 2.75) is 136 Å². The molecule has 10 heteroatoms. The van der Waals surface area contributed by atoms with E-state index in [0.717, 1.165) is 57.8 Å². The van der Waals surface area contributed by atoms with Gasteiger partial charge in [0.2, 0.25) is 17.6 Å². The summed E-state index contributed by atoms with van der Waals surface area (Å²) >= 11 is 0. The second-order valence-electron chi connectivity index (χ2n) is 14.2. The van der Waals surface area contributed by atoms with Gasteiger partial charge >= 0.3 is 6.03 Å². The molecule has 1 saturated heterocycles. The summed E-state index contributed by atoms with van der Waals surface area (Å²) in [7, 11) is 0. The number of rotatable bonds is 11. The molecule has 0 aromatic carbocycles. The molecule has 41 heavy (non-hydrogen) atoms. The minimum Gasteiger partial charge on any atom is -0.363 e. The summed E-state index contributed by atoms with van der Waals surface area (Å²) < 4.78 is 0. The molecular weight excluding hydrogens is 522 g/mol. The van der Waals surface area contributed by atoms with Crippen LogP contribution in [0.15, 0.2) is 0 Å². The molecule has 1 aliphatic heterocycles. The molecule has 0 bridgehead atoms. The fourth-order valence-corrected chi connectivity index (χ4v) is 6.59. The fraction of sp³-hybridized carbons (Fsp3) is 0.839. The Balaban J connectivity index is 1.80. The molecule has 5 N–H and O–H groups in total. The number of nitrogens with zero attached hydrogens (tertiary/aromatic N) is 1. The minimum atomic E-state index is -1.07. The molecule has 2 aliphatic carbocycles. The number of amides is 5. The SMILES string of the molecule is CCC1(NC(=O)N[C@H](C(=O)N2C[C@H](C(C)C)C[C@H]2C(=O)NC(CC2CCC2)C(=O)C(N)=O)C(C)(C)C)CCCCC1. The number of Topliss-reactive ketones (excluding diaryl/α,β-unsaturated/α-hetero) is 1. The number of ketones is 1. The van der Waals surface area contributed by atoms with E-state index < -0.39 is 41.1 Å². The highest BCUT2D eigenvalue weighted by atomic mass is 16.2. The summed E-state index contributed by atoms with van der Waals surface area (Å²) in [5, 5.41) is 8.94. The number of nitrogens with one attached hydrogen (secondary N) is 3. The molecule has 4 atom stereocenters. The van der Waals surface area contributed by atoms with Crippen LogP contribution in [-0.4, -0.2) is 64.6 Å². The van der Waals surface area contributed by atoms with E-state index in [4.69, 9.17) is 5.73 Å². The monoisotopic (exact) mass is 575 g/mol. The van der Waals surface area contributed by atoms with E-state index in [1.54, 1.807) is 4.90 Å². The molecule has 2 saturated carbocycles. The lowest BCUT2D eigenvalue weighted by atomic mass is 9.80. The van der Waals surface area contributed by atoms with Gasteiger partial charge < -0.3 is 26.6 Å². The second-order valence-corrected chi connectivity index (χ2v) is 14.2. The van der Waals surface area contributed by atoms with E-state index in [1.165, 1.54) is 0 Å². The lowest BCUT2D eigenvalue weighted by Crippen LogP contribution is -2.62. The standard InChI is InChI=1S/C31H53N5O5/c1-7-31(14-9-8-10-15-31)35-29(41)34-25(30(4,5)6)28(40)36-18-21(19(2)3)17-23(36)27(39)33-22(24(37)26(32)38)16-20-12-11-13-20/h19-23,25H,7-18H2,1-6H3,(H2,32,38)(H,33,39)(H2,34,35,41)/t21-,22?,23+,25-/m1/s1. The Bertz CT molecular complexity index is 980. The Morgan fingerprint density at radius 2 is 1.61 bits per heavy atom. The van der Waals surface area contributed by atoms with Crippen molar-refractivity contribution in [1.29, 1.82) is 0 Å². The van der Waals surface area contributed by atoms with Gasteiger partial charge in [0.25, 0.3) is 5.91 Å². The number of hydrogen-bond acceptors (Lipinski definition) is 5. The summed E-state index contributed by atoms with van der Waals surface area (Å²) in [6, 6.07) is -3.03. The number of primary amides is 1. The van der Waals surface area contributed by atoms with Crippen LogP contribution >= 0.6 is 0 Å². The highest BCUT2D eigenvalue weighted by Crippen LogP contribution is 2.34. The average Bonchev–Trinajstić information content (AvgIpc) is 3.34. The molecule has 3 aliphatic rings. The molecule has 0 aromatic heterocycles. The zero-order valence-corrected chi connectivity index (χ0v) is 26.0. The molecule has 232 valence electrons. The van der Waals surface area contributed by atoms with Gasteiger partial charge in [0.05, 0.1) is 6.04 Å². The molecule has 5 amide bonds. The first-order valence-electron chi connectivity index (χ1n) is 15.7. The zero-order valence-electron chi connectivity index (χ0n) is 26.0. The fourth-order valence-electron chi connectivity index (χ4n) is 6.59. The molecule has 1 unspecified atom stereocenters. The molecule has 3 fully saturated rings. The van der Waals surface area contributed by atoms with Gasteiger partial charge in [0.1, 0.15) is 12.1 Å². The molecular formula is C31H53N5O5. The molecule has 10 nitrogen and oxygen atoms in total. The maximum Gasteiger partial charge on any atom is 0.315 e. The first-order chi connectivity index (χ1) is 19.2. The van der Waals surface area contributed by atoms with Gasteiger partial charge in [-0.3, -0.25) is 19.2 Å². The summed E-state index contributed by atoms with van der Waals surface area (Å²) in [5.74, 6) is -2.09. The Morgan fingerprint density at radius 3 is 2.10 bits per heavy atom. The summed E-state index contributed by atoms with van der Waals surface area (Å²) in [5.41, 5.74) is 4.42. The molecule has 0 aromatic rings. The smallest absolute Gasteiger partial charge is 0.315 e. The quantitative estimate of drug-likeness (QED) is 0.278. The molecule has 0 spiro atoms. The Kier molecular flexibility index (Phi) is 10.9. The van der Waals surface area contributed by atoms with Crippen LogP contribution in [0.2, 0.25) is 0 Å². The molecule has 1 heterocycles. The Morgan fingerprint density at radius 1 is 0.976 bits per heavy atom. The van der Waals surface area contributed by atoms with Crippen molar-refractivity contribution >= 4 is 29.5 Å². The molecule has 0 radical (unpaired) electrons. The summed E-state index contributed by atoms with van der Waals surface area (Å²) in [4.78, 5) is 67.1. The van der Waals surface area contributed by atoms with Crippen molar-refractivity contribution in [2.24, 2.45) is 28.9 Å². The van der Waals surface area contributed by atoms with Crippen LogP contribution in [0, 0.1) is 23.2 Å². The van der Waals surface area contributed by atoms with Crippen LogP contribution in [0.1, 0.15) is 112 Å². The average molecular weight is 576 g/mol. The van der Waals surface area contributed by atoms with Crippen molar-refractivity contribution in [3.8, 4) is 0 Å². The van der Waals surface area contributed by atoms with Gasteiger partial charge in [-0.05, 0) is 55.3 Å². The van der Waals surface area contributed by atoms with Crippen LogP contribution in [0.4, 0.5) is 4.79 Å². The Labute approximate surface area is 245 Å². The number of carbonyl (C=O) groups is 5. The van der Waals surface area contributed by atoms with Gasteiger partial charge in [-0.25, -0.2) is 4.79 Å².